The summed E-state index contributed by atoms with van der Waals surface area (Å²) >= 11 is 0. The van der Waals surface area contributed by atoms with Crippen molar-refractivity contribution in [2.24, 2.45) is 17.1 Å². The van der Waals surface area contributed by atoms with E-state index in [1.807, 2.05) is 37.5 Å². The number of rotatable bonds is 5. The molecule has 0 spiro atoms. The van der Waals surface area contributed by atoms with Crippen LogP contribution in [0.2, 0.25) is 0 Å². The second kappa shape index (κ2) is 7.78. The Balaban J connectivity index is 2.75. The third kappa shape index (κ3) is 3.96. The summed E-state index contributed by atoms with van der Waals surface area (Å²) in [6.07, 6.45) is 2.38. The van der Waals surface area contributed by atoms with Gasteiger partial charge < -0.3 is 15.5 Å². The van der Waals surface area contributed by atoms with Gasteiger partial charge in [-0.2, -0.15) is 0 Å². The number of carbonyl (C=O) groups is 2. The van der Waals surface area contributed by atoms with E-state index in [4.69, 9.17) is 5.73 Å². The lowest BCUT2D eigenvalue weighted by Crippen LogP contribution is -2.49. The molecule has 0 radical (unpaired) electrons. The van der Waals surface area contributed by atoms with Gasteiger partial charge in [0.25, 0.3) is 0 Å². The Hall–Kier alpha value is -1.10. The van der Waals surface area contributed by atoms with Gasteiger partial charge in [0, 0.05) is 38.6 Å². The van der Waals surface area contributed by atoms with Crippen molar-refractivity contribution in [3.63, 3.8) is 0 Å². The molecule has 0 bridgehead atoms. The van der Waals surface area contributed by atoms with Crippen molar-refractivity contribution >= 4 is 11.8 Å². The number of hydrogen-bond acceptors (Lipinski definition) is 3. The average Bonchev–Trinajstić information content (AvgIpc) is 2.74. The molecule has 1 saturated heterocycles. The first-order valence-electron chi connectivity index (χ1n) is 8.20. The van der Waals surface area contributed by atoms with Crippen LogP contribution in [0.3, 0.4) is 0 Å². The van der Waals surface area contributed by atoms with Crippen molar-refractivity contribution in [1.29, 1.82) is 0 Å². The van der Waals surface area contributed by atoms with Crippen LogP contribution in [-0.4, -0.2) is 54.3 Å². The Bertz CT molecular complexity index is 356. The summed E-state index contributed by atoms with van der Waals surface area (Å²) in [5, 5.41) is 0. The lowest BCUT2D eigenvalue weighted by Gasteiger charge is -2.34. The quantitative estimate of drug-likeness (QED) is 0.835. The smallest absolute Gasteiger partial charge is 0.230 e. The Morgan fingerprint density at radius 3 is 2.05 bits per heavy atom. The van der Waals surface area contributed by atoms with Crippen LogP contribution in [0.25, 0.3) is 0 Å². The third-order valence-electron chi connectivity index (χ3n) is 4.79. The van der Waals surface area contributed by atoms with Crippen LogP contribution >= 0.6 is 0 Å². The lowest BCUT2D eigenvalue weighted by atomic mass is 9.81. The van der Waals surface area contributed by atoms with Crippen LogP contribution in [0.5, 0.6) is 0 Å². The van der Waals surface area contributed by atoms with Crippen LogP contribution < -0.4 is 5.73 Å². The topological polar surface area (TPSA) is 66.6 Å². The first-order chi connectivity index (χ1) is 9.91. The second-order valence-electron chi connectivity index (χ2n) is 6.32. The minimum Gasteiger partial charge on any atom is -0.341 e. The molecule has 0 unspecified atom stereocenters. The molecule has 5 heteroatoms. The molecule has 2 amide bonds. The van der Waals surface area contributed by atoms with Crippen molar-refractivity contribution in [1.82, 2.24) is 9.80 Å². The van der Waals surface area contributed by atoms with Gasteiger partial charge in [-0.3, -0.25) is 9.59 Å². The number of amides is 2. The fourth-order valence-electron chi connectivity index (χ4n) is 2.97. The minimum atomic E-state index is -0.433. The maximum absolute atomic E-state index is 12.8. The first kappa shape index (κ1) is 18.0. The molecule has 122 valence electrons. The SMILES string of the molecule is CCC(CC)(CN)C(=O)N1CCCN(C(=O)C(C)C)CC1. The van der Waals surface area contributed by atoms with Gasteiger partial charge in [0.15, 0.2) is 0 Å². The zero-order chi connectivity index (χ0) is 16.0. The normalized spacial score (nSPS) is 17.0. The molecule has 21 heavy (non-hydrogen) atoms. The van der Waals surface area contributed by atoms with E-state index in [2.05, 4.69) is 0 Å². The van der Waals surface area contributed by atoms with E-state index in [0.29, 0.717) is 19.6 Å². The van der Waals surface area contributed by atoms with Crippen LogP contribution in [-0.2, 0) is 9.59 Å². The summed E-state index contributed by atoms with van der Waals surface area (Å²) in [5.41, 5.74) is 5.45. The number of nitrogens with zero attached hydrogens (tertiary/aromatic N) is 2. The number of carbonyl (C=O) groups excluding carboxylic acids is 2. The zero-order valence-corrected chi connectivity index (χ0v) is 14.0. The molecule has 1 fully saturated rings. The summed E-state index contributed by atoms with van der Waals surface area (Å²) in [4.78, 5) is 28.7. The van der Waals surface area contributed by atoms with Gasteiger partial charge in [0.2, 0.25) is 11.8 Å². The Morgan fingerprint density at radius 2 is 1.57 bits per heavy atom. The van der Waals surface area contributed by atoms with Gasteiger partial charge in [0.1, 0.15) is 0 Å². The molecule has 0 aliphatic carbocycles. The molecule has 0 aromatic heterocycles. The van der Waals surface area contributed by atoms with E-state index in [-0.39, 0.29) is 17.7 Å². The van der Waals surface area contributed by atoms with E-state index < -0.39 is 5.41 Å². The molecule has 1 heterocycles. The highest BCUT2D eigenvalue weighted by Crippen LogP contribution is 2.28. The Kier molecular flexibility index (Phi) is 6.65. The summed E-state index contributed by atoms with van der Waals surface area (Å²) in [6.45, 7) is 11.0. The van der Waals surface area contributed by atoms with Crippen LogP contribution in [0, 0.1) is 11.3 Å². The monoisotopic (exact) mass is 297 g/mol. The van der Waals surface area contributed by atoms with Gasteiger partial charge in [-0.15, -0.1) is 0 Å². The van der Waals surface area contributed by atoms with Crippen LogP contribution in [0.1, 0.15) is 47.0 Å². The van der Waals surface area contributed by atoms with Gasteiger partial charge in [0.05, 0.1) is 5.41 Å². The van der Waals surface area contributed by atoms with E-state index in [0.717, 1.165) is 32.4 Å². The molecule has 2 N–H and O–H groups in total. The van der Waals surface area contributed by atoms with Crippen LogP contribution in [0.15, 0.2) is 0 Å². The molecule has 0 aromatic rings. The molecule has 1 aliphatic heterocycles. The number of hydrogen-bond donors (Lipinski definition) is 1. The van der Waals surface area contributed by atoms with Gasteiger partial charge in [-0.25, -0.2) is 0 Å². The highest BCUT2D eigenvalue weighted by Gasteiger charge is 2.37. The summed E-state index contributed by atoms with van der Waals surface area (Å²) in [5.74, 6) is 0.357. The summed E-state index contributed by atoms with van der Waals surface area (Å²) in [6, 6.07) is 0. The fraction of sp³-hybridized carbons (Fsp3) is 0.875. The van der Waals surface area contributed by atoms with E-state index in [9.17, 15) is 9.59 Å². The van der Waals surface area contributed by atoms with Crippen molar-refractivity contribution in [2.45, 2.75) is 47.0 Å². The molecule has 5 nitrogen and oxygen atoms in total. The van der Waals surface area contributed by atoms with E-state index in [1.165, 1.54) is 0 Å². The molecule has 1 rings (SSSR count). The minimum absolute atomic E-state index is 0.0154. The standard InChI is InChI=1S/C16H31N3O2/c1-5-16(6-2,12-17)15(21)19-9-7-8-18(10-11-19)14(20)13(3)4/h13H,5-12,17H2,1-4H3. The molecule has 0 atom stereocenters. The second-order valence-corrected chi connectivity index (χ2v) is 6.32. The van der Waals surface area contributed by atoms with Crippen molar-refractivity contribution in [3.8, 4) is 0 Å². The highest BCUT2D eigenvalue weighted by atomic mass is 16.2. The lowest BCUT2D eigenvalue weighted by molar-refractivity contribution is -0.142. The van der Waals surface area contributed by atoms with Crippen molar-refractivity contribution in [2.75, 3.05) is 32.7 Å². The fourth-order valence-corrected chi connectivity index (χ4v) is 2.97. The molecule has 1 aliphatic rings. The predicted octanol–water partition coefficient (Wildman–Crippen LogP) is 1.47. The summed E-state index contributed by atoms with van der Waals surface area (Å²) in [7, 11) is 0. The molecular formula is C16H31N3O2. The van der Waals surface area contributed by atoms with Crippen molar-refractivity contribution < 1.29 is 9.59 Å². The highest BCUT2D eigenvalue weighted by molar-refractivity contribution is 5.83. The van der Waals surface area contributed by atoms with E-state index in [1.54, 1.807) is 0 Å². The molecule has 0 aromatic carbocycles. The van der Waals surface area contributed by atoms with Gasteiger partial charge in [-0.05, 0) is 19.3 Å². The van der Waals surface area contributed by atoms with Crippen molar-refractivity contribution in [3.05, 3.63) is 0 Å². The van der Waals surface area contributed by atoms with E-state index >= 15 is 0 Å². The Morgan fingerprint density at radius 1 is 1.05 bits per heavy atom. The van der Waals surface area contributed by atoms with Crippen LogP contribution in [0.4, 0.5) is 0 Å². The van der Waals surface area contributed by atoms with Gasteiger partial charge in [-0.1, -0.05) is 27.7 Å². The first-order valence-corrected chi connectivity index (χ1v) is 8.20. The maximum Gasteiger partial charge on any atom is 0.230 e. The maximum atomic E-state index is 12.8. The number of nitrogens with two attached hydrogens (primary N) is 1. The Labute approximate surface area is 128 Å². The largest absolute Gasteiger partial charge is 0.341 e. The predicted molar refractivity (Wildman–Crippen MR) is 84.7 cm³/mol. The molecular weight excluding hydrogens is 266 g/mol. The average molecular weight is 297 g/mol. The zero-order valence-electron chi connectivity index (χ0n) is 14.0. The summed E-state index contributed by atoms with van der Waals surface area (Å²) < 4.78 is 0. The van der Waals surface area contributed by atoms with Gasteiger partial charge >= 0.3 is 0 Å². The molecule has 0 saturated carbocycles. The third-order valence-corrected chi connectivity index (χ3v) is 4.79.